The summed E-state index contributed by atoms with van der Waals surface area (Å²) in [7, 11) is 0. The number of benzene rings is 3. The highest BCUT2D eigenvalue weighted by Crippen LogP contribution is 2.30. The fraction of sp³-hybridized carbons (Fsp3) is 0.0870. The van der Waals surface area contributed by atoms with Crippen LogP contribution in [0, 0.1) is 5.82 Å². The van der Waals surface area contributed by atoms with Gasteiger partial charge >= 0.3 is 0 Å². The van der Waals surface area contributed by atoms with E-state index < -0.39 is 0 Å². The summed E-state index contributed by atoms with van der Waals surface area (Å²) in [4.78, 5) is 38.7. The summed E-state index contributed by atoms with van der Waals surface area (Å²) in [5, 5.41) is 3.38. The number of hydrogen-bond donors (Lipinski definition) is 1. The van der Waals surface area contributed by atoms with Gasteiger partial charge in [-0.25, -0.2) is 4.39 Å². The number of aromatic amines is 1. The molecule has 5 rings (SSSR count). The molecule has 3 aromatic carbocycles. The Morgan fingerprint density at radius 3 is 2.21 bits per heavy atom. The number of halogens is 1. The first-order chi connectivity index (χ1) is 14.0. The second-order valence-electron chi connectivity index (χ2n) is 7.06. The van der Waals surface area contributed by atoms with Crippen molar-refractivity contribution < 1.29 is 14.0 Å². The van der Waals surface area contributed by atoms with Gasteiger partial charge in [0, 0.05) is 23.2 Å². The maximum absolute atomic E-state index is 13.1. The standard InChI is InChI=1S/C23H15FN2O3/c24-14-7-5-13(6-8-14)11-12-26-23(29)18-10-9-17-19(20(18)25-26)22(28)16-4-2-1-3-15(16)21(17)27/h1-10,25H,11-12H2. The lowest BCUT2D eigenvalue weighted by Gasteiger charge is -2.17. The molecule has 1 aliphatic rings. The first-order valence-electron chi connectivity index (χ1n) is 9.23. The number of aryl methyl sites for hydroxylation is 2. The van der Waals surface area contributed by atoms with Gasteiger partial charge in [-0.2, -0.15) is 0 Å². The molecule has 0 saturated heterocycles. The largest absolute Gasteiger partial charge is 0.294 e. The highest BCUT2D eigenvalue weighted by molar-refractivity contribution is 6.31. The van der Waals surface area contributed by atoms with Gasteiger partial charge in [-0.05, 0) is 36.2 Å². The first kappa shape index (κ1) is 17.3. The maximum Gasteiger partial charge on any atom is 0.274 e. The number of nitrogens with one attached hydrogen (secondary N) is 1. The van der Waals surface area contributed by atoms with E-state index in [2.05, 4.69) is 5.10 Å². The zero-order chi connectivity index (χ0) is 20.1. The van der Waals surface area contributed by atoms with E-state index in [1.807, 2.05) is 0 Å². The minimum Gasteiger partial charge on any atom is -0.294 e. The quantitative estimate of drug-likeness (QED) is 0.516. The molecule has 1 heterocycles. The highest BCUT2D eigenvalue weighted by atomic mass is 19.1. The number of H-pyrrole nitrogens is 1. The molecule has 0 atom stereocenters. The molecule has 0 saturated carbocycles. The molecule has 1 aromatic heterocycles. The van der Waals surface area contributed by atoms with Gasteiger partial charge in [0.05, 0.1) is 16.5 Å². The van der Waals surface area contributed by atoms with Crippen LogP contribution in [0.4, 0.5) is 4.39 Å². The molecular formula is C23H15FN2O3. The molecule has 1 aliphatic carbocycles. The van der Waals surface area contributed by atoms with Gasteiger partial charge in [0.1, 0.15) is 5.82 Å². The third kappa shape index (κ3) is 2.64. The van der Waals surface area contributed by atoms with Crippen molar-refractivity contribution in [3.63, 3.8) is 0 Å². The van der Waals surface area contributed by atoms with Crippen molar-refractivity contribution in [2.75, 3.05) is 0 Å². The summed E-state index contributed by atoms with van der Waals surface area (Å²) in [6.07, 6.45) is 0.519. The van der Waals surface area contributed by atoms with Crippen molar-refractivity contribution in [2.24, 2.45) is 0 Å². The van der Waals surface area contributed by atoms with Crippen LogP contribution in [0.25, 0.3) is 10.9 Å². The van der Waals surface area contributed by atoms with Gasteiger partial charge in [0.25, 0.3) is 5.56 Å². The minimum absolute atomic E-state index is 0.225. The van der Waals surface area contributed by atoms with Gasteiger partial charge in [-0.15, -0.1) is 0 Å². The van der Waals surface area contributed by atoms with Gasteiger partial charge in [0.15, 0.2) is 11.6 Å². The Morgan fingerprint density at radius 2 is 1.48 bits per heavy atom. The summed E-state index contributed by atoms with van der Waals surface area (Å²) >= 11 is 0. The molecule has 4 aromatic rings. The van der Waals surface area contributed by atoms with E-state index in [1.54, 1.807) is 48.5 Å². The smallest absolute Gasteiger partial charge is 0.274 e. The molecule has 0 unspecified atom stereocenters. The Morgan fingerprint density at radius 1 is 0.793 bits per heavy atom. The number of ketones is 2. The number of fused-ring (bicyclic) bond motifs is 4. The van der Waals surface area contributed by atoms with Crippen LogP contribution in [0.15, 0.2) is 65.5 Å². The van der Waals surface area contributed by atoms with Crippen LogP contribution >= 0.6 is 0 Å². The highest BCUT2D eigenvalue weighted by Gasteiger charge is 2.32. The predicted octanol–water partition coefficient (Wildman–Crippen LogP) is 3.49. The van der Waals surface area contributed by atoms with Crippen molar-refractivity contribution in [1.82, 2.24) is 9.78 Å². The third-order valence-corrected chi connectivity index (χ3v) is 5.35. The van der Waals surface area contributed by atoms with Crippen molar-refractivity contribution >= 4 is 22.5 Å². The Labute approximate surface area is 164 Å². The van der Waals surface area contributed by atoms with Crippen LogP contribution in [-0.4, -0.2) is 21.3 Å². The topological polar surface area (TPSA) is 71.9 Å². The minimum atomic E-state index is -0.313. The van der Waals surface area contributed by atoms with Crippen molar-refractivity contribution in [3.8, 4) is 0 Å². The summed E-state index contributed by atoms with van der Waals surface area (Å²) in [6.45, 7) is 0.340. The molecule has 0 radical (unpaired) electrons. The molecule has 0 spiro atoms. The fourth-order valence-electron chi connectivity index (χ4n) is 3.86. The molecular weight excluding hydrogens is 371 g/mol. The van der Waals surface area contributed by atoms with Crippen LogP contribution in [-0.2, 0) is 13.0 Å². The number of carbonyl (C=O) groups excluding carboxylic acids is 2. The molecule has 6 heteroatoms. The molecule has 0 fully saturated rings. The number of hydrogen-bond acceptors (Lipinski definition) is 3. The Balaban J connectivity index is 1.59. The summed E-state index contributed by atoms with van der Waals surface area (Å²) < 4.78 is 14.5. The van der Waals surface area contributed by atoms with E-state index in [0.29, 0.717) is 40.6 Å². The number of rotatable bonds is 3. The zero-order valence-electron chi connectivity index (χ0n) is 15.2. The second-order valence-corrected chi connectivity index (χ2v) is 7.06. The van der Waals surface area contributed by atoms with Crippen LogP contribution in [0.5, 0.6) is 0 Å². The second kappa shape index (κ2) is 6.38. The summed E-state index contributed by atoms with van der Waals surface area (Å²) in [5.41, 5.74) is 2.26. The first-order valence-corrected chi connectivity index (χ1v) is 9.23. The van der Waals surface area contributed by atoms with Crippen LogP contribution in [0.2, 0.25) is 0 Å². The molecule has 0 amide bonds. The molecule has 29 heavy (non-hydrogen) atoms. The van der Waals surface area contributed by atoms with Gasteiger partial charge in [-0.1, -0.05) is 36.4 Å². The lowest BCUT2D eigenvalue weighted by Crippen LogP contribution is -2.21. The molecule has 142 valence electrons. The normalized spacial score (nSPS) is 12.9. The summed E-state index contributed by atoms with van der Waals surface area (Å²) in [5.74, 6) is -0.809. The SMILES string of the molecule is O=C1c2ccccc2C(=O)c2c1ccc1c(=O)n(CCc3ccc(F)cc3)[nH]c21. The molecule has 0 aliphatic heterocycles. The van der Waals surface area contributed by atoms with E-state index in [0.717, 1.165) is 5.56 Å². The van der Waals surface area contributed by atoms with Crippen LogP contribution < -0.4 is 5.56 Å². The number of aromatic nitrogens is 2. The Kier molecular flexibility index (Phi) is 3.81. The predicted molar refractivity (Wildman–Crippen MR) is 106 cm³/mol. The van der Waals surface area contributed by atoms with Crippen molar-refractivity contribution in [1.29, 1.82) is 0 Å². The third-order valence-electron chi connectivity index (χ3n) is 5.35. The van der Waals surface area contributed by atoms with Crippen LogP contribution in [0.3, 0.4) is 0 Å². The average Bonchev–Trinajstić information content (AvgIpc) is 3.07. The number of nitrogens with zero attached hydrogens (tertiary/aromatic N) is 1. The summed E-state index contributed by atoms with van der Waals surface area (Å²) in [6, 6.07) is 15.9. The Hall–Kier alpha value is -3.80. The van der Waals surface area contributed by atoms with Gasteiger partial charge < -0.3 is 0 Å². The van der Waals surface area contributed by atoms with E-state index in [-0.39, 0.29) is 28.5 Å². The lowest BCUT2D eigenvalue weighted by atomic mass is 9.83. The van der Waals surface area contributed by atoms with Gasteiger partial charge in [0.2, 0.25) is 0 Å². The zero-order valence-corrected chi connectivity index (χ0v) is 15.2. The lowest BCUT2D eigenvalue weighted by molar-refractivity contribution is 0.0980. The average molecular weight is 386 g/mol. The van der Waals surface area contributed by atoms with E-state index in [4.69, 9.17) is 0 Å². The number of carbonyl (C=O) groups is 2. The molecule has 5 nitrogen and oxygen atoms in total. The molecule has 1 N–H and O–H groups in total. The van der Waals surface area contributed by atoms with E-state index in [9.17, 15) is 18.8 Å². The van der Waals surface area contributed by atoms with E-state index >= 15 is 0 Å². The molecule has 0 bridgehead atoms. The fourth-order valence-corrected chi connectivity index (χ4v) is 3.86. The van der Waals surface area contributed by atoms with Crippen LogP contribution in [0.1, 0.15) is 37.4 Å². The van der Waals surface area contributed by atoms with Gasteiger partial charge in [-0.3, -0.25) is 24.2 Å². The van der Waals surface area contributed by atoms with E-state index in [1.165, 1.54) is 16.8 Å². The maximum atomic E-state index is 13.1. The van der Waals surface area contributed by atoms with Crippen molar-refractivity contribution in [2.45, 2.75) is 13.0 Å². The Bertz CT molecular complexity index is 1360. The van der Waals surface area contributed by atoms with Crippen molar-refractivity contribution in [3.05, 3.63) is 105 Å². The monoisotopic (exact) mass is 386 g/mol.